The van der Waals surface area contributed by atoms with Gasteiger partial charge >= 0.3 is 0 Å². The first-order chi connectivity index (χ1) is 6.70. The van der Waals surface area contributed by atoms with E-state index < -0.39 is 12.1 Å². The van der Waals surface area contributed by atoms with E-state index >= 15 is 0 Å². The Morgan fingerprint density at radius 2 is 1.29 bits per heavy atom. The number of nitrogens with zero attached hydrogens (tertiary/aromatic N) is 4. The second kappa shape index (κ2) is 4.58. The average Bonchev–Trinajstić information content (AvgIpc) is 2.27. The standard InChI is InChI=1S/C6H12N4O4/c11-7-9(13)5-3-1-2-4-6(5)10(14)8-12/h5-6,11-12H,1-4H2/t5-,6-/m0/s1. The van der Waals surface area contributed by atoms with Crippen molar-refractivity contribution in [1.29, 1.82) is 0 Å². The summed E-state index contributed by atoms with van der Waals surface area (Å²) in [6.07, 6.45) is 2.47. The van der Waals surface area contributed by atoms with Gasteiger partial charge in [-0.05, 0) is 22.6 Å². The topological polar surface area (TPSA) is 117 Å². The van der Waals surface area contributed by atoms with E-state index in [-0.39, 0.29) is 9.72 Å². The maximum atomic E-state index is 11.0. The van der Waals surface area contributed by atoms with Crippen LogP contribution in [0.1, 0.15) is 25.7 Å². The third-order valence-corrected chi connectivity index (χ3v) is 2.44. The first-order valence-corrected chi connectivity index (χ1v) is 4.33. The molecule has 0 aromatic rings. The molecule has 1 fully saturated rings. The lowest BCUT2D eigenvalue weighted by molar-refractivity contribution is -0.680. The van der Waals surface area contributed by atoms with Crippen molar-refractivity contribution in [3.05, 3.63) is 10.4 Å². The molecular formula is C6H12N4O4. The molecule has 0 amide bonds. The molecule has 1 rings (SSSR count). The highest BCUT2D eigenvalue weighted by Gasteiger charge is 2.40. The molecule has 1 saturated carbocycles. The summed E-state index contributed by atoms with van der Waals surface area (Å²) in [7, 11) is 0. The molecule has 0 aliphatic heterocycles. The van der Waals surface area contributed by atoms with Gasteiger partial charge in [0, 0.05) is 12.8 Å². The Morgan fingerprint density at radius 3 is 1.57 bits per heavy atom. The first-order valence-electron chi connectivity index (χ1n) is 4.33. The summed E-state index contributed by atoms with van der Waals surface area (Å²) in [4.78, 5) is 0.166. The number of rotatable bonds is 2. The Morgan fingerprint density at radius 1 is 0.929 bits per heavy atom. The maximum absolute atomic E-state index is 11.0. The lowest BCUT2D eigenvalue weighted by Crippen LogP contribution is -2.42. The molecule has 0 bridgehead atoms. The van der Waals surface area contributed by atoms with Crippen LogP contribution in [0.4, 0.5) is 0 Å². The fourth-order valence-corrected chi connectivity index (χ4v) is 1.74. The molecule has 0 saturated heterocycles. The van der Waals surface area contributed by atoms with E-state index in [2.05, 4.69) is 10.6 Å². The molecule has 1 aliphatic carbocycles. The SMILES string of the molecule is [O-][N+](=NO)[C@H]1CCCC[C@@H]1[N+]([O-])=NO. The summed E-state index contributed by atoms with van der Waals surface area (Å²) < 4.78 is 0. The highest BCUT2D eigenvalue weighted by molar-refractivity contribution is 4.73. The lowest BCUT2D eigenvalue weighted by atomic mass is 9.91. The fraction of sp³-hybridized carbons (Fsp3) is 1.00. The van der Waals surface area contributed by atoms with Crippen molar-refractivity contribution in [2.45, 2.75) is 37.8 Å². The van der Waals surface area contributed by atoms with Crippen LogP contribution in [0.25, 0.3) is 0 Å². The minimum absolute atomic E-state index is 0.0832. The molecule has 0 spiro atoms. The van der Waals surface area contributed by atoms with Gasteiger partial charge in [0.2, 0.25) is 0 Å². The number of hydrogen-bond acceptors (Lipinski definition) is 4. The molecule has 2 N–H and O–H groups in total. The summed E-state index contributed by atoms with van der Waals surface area (Å²) in [6.45, 7) is 0. The summed E-state index contributed by atoms with van der Waals surface area (Å²) in [5.41, 5.74) is 0. The molecule has 0 heterocycles. The van der Waals surface area contributed by atoms with Gasteiger partial charge in [0.1, 0.15) is 0 Å². The Bertz CT molecular complexity index is 228. The number of hydroxylamine groups is 2. The zero-order chi connectivity index (χ0) is 10.6. The zero-order valence-electron chi connectivity index (χ0n) is 7.48. The Hall–Kier alpha value is -1.60. The third-order valence-electron chi connectivity index (χ3n) is 2.44. The third kappa shape index (κ3) is 2.01. The van der Waals surface area contributed by atoms with E-state index in [4.69, 9.17) is 10.4 Å². The van der Waals surface area contributed by atoms with E-state index in [1.165, 1.54) is 0 Å². The molecule has 0 aromatic carbocycles. The van der Waals surface area contributed by atoms with Crippen LogP contribution >= 0.6 is 0 Å². The predicted octanol–water partition coefficient (Wildman–Crippen LogP) is 1.00. The van der Waals surface area contributed by atoms with E-state index in [1.54, 1.807) is 0 Å². The highest BCUT2D eigenvalue weighted by Crippen LogP contribution is 2.23. The zero-order valence-corrected chi connectivity index (χ0v) is 7.48. The predicted molar refractivity (Wildman–Crippen MR) is 41.7 cm³/mol. The van der Waals surface area contributed by atoms with E-state index in [1.807, 2.05) is 0 Å². The van der Waals surface area contributed by atoms with Gasteiger partial charge in [0.25, 0.3) is 12.1 Å². The highest BCUT2D eigenvalue weighted by atomic mass is 16.6. The van der Waals surface area contributed by atoms with Gasteiger partial charge in [-0.1, -0.05) is 0 Å². The molecule has 0 unspecified atom stereocenters. The summed E-state index contributed by atoms with van der Waals surface area (Å²) in [6, 6.07) is -1.50. The van der Waals surface area contributed by atoms with Crippen LogP contribution in [0.15, 0.2) is 10.6 Å². The fourth-order valence-electron chi connectivity index (χ4n) is 1.74. The normalized spacial score (nSPS) is 30.3. The van der Waals surface area contributed by atoms with Crippen LogP contribution in [0.2, 0.25) is 0 Å². The van der Waals surface area contributed by atoms with Gasteiger partial charge in [-0.25, -0.2) is 0 Å². The average molecular weight is 204 g/mol. The van der Waals surface area contributed by atoms with Gasteiger partial charge in [0.05, 0.1) is 0 Å². The Balaban J connectivity index is 2.79. The molecule has 14 heavy (non-hydrogen) atoms. The largest absolute Gasteiger partial charge is 0.597 e. The van der Waals surface area contributed by atoms with Crippen LogP contribution in [-0.4, -0.2) is 32.2 Å². The second-order valence-electron chi connectivity index (χ2n) is 3.20. The Kier molecular flexibility index (Phi) is 3.43. The van der Waals surface area contributed by atoms with Crippen molar-refractivity contribution < 1.29 is 20.1 Å². The van der Waals surface area contributed by atoms with Crippen molar-refractivity contribution >= 4 is 0 Å². The minimum Gasteiger partial charge on any atom is -0.597 e. The first kappa shape index (κ1) is 10.5. The molecule has 0 aromatic heterocycles. The molecule has 8 heteroatoms. The van der Waals surface area contributed by atoms with Crippen LogP contribution in [0.5, 0.6) is 0 Å². The van der Waals surface area contributed by atoms with Crippen LogP contribution in [-0.2, 0) is 0 Å². The molecule has 1 aliphatic rings. The summed E-state index contributed by atoms with van der Waals surface area (Å²) in [5, 5.41) is 43.5. The quantitative estimate of drug-likeness (QED) is 0.396. The van der Waals surface area contributed by atoms with E-state index in [0.717, 1.165) is 12.8 Å². The van der Waals surface area contributed by atoms with Crippen LogP contribution < -0.4 is 0 Å². The van der Waals surface area contributed by atoms with Crippen molar-refractivity contribution in [2.75, 3.05) is 0 Å². The van der Waals surface area contributed by atoms with Crippen LogP contribution in [0.3, 0.4) is 0 Å². The smallest absolute Gasteiger partial charge is 0.257 e. The molecule has 8 nitrogen and oxygen atoms in total. The van der Waals surface area contributed by atoms with Crippen molar-refractivity contribution in [3.63, 3.8) is 0 Å². The molecule has 2 atom stereocenters. The van der Waals surface area contributed by atoms with E-state index in [9.17, 15) is 10.4 Å². The van der Waals surface area contributed by atoms with Crippen LogP contribution in [0, 0.1) is 10.4 Å². The maximum Gasteiger partial charge on any atom is 0.257 e. The summed E-state index contributed by atoms with van der Waals surface area (Å²) >= 11 is 0. The second-order valence-corrected chi connectivity index (χ2v) is 3.20. The van der Waals surface area contributed by atoms with Gasteiger partial charge in [-0.3, -0.25) is 0 Å². The van der Waals surface area contributed by atoms with Gasteiger partial charge in [0.15, 0.2) is 10.6 Å². The van der Waals surface area contributed by atoms with Gasteiger partial charge < -0.3 is 20.8 Å². The van der Waals surface area contributed by atoms with Crippen molar-refractivity contribution in [1.82, 2.24) is 0 Å². The van der Waals surface area contributed by atoms with Crippen molar-refractivity contribution in [2.24, 2.45) is 10.6 Å². The lowest BCUT2D eigenvalue weighted by Gasteiger charge is -2.22. The Labute approximate surface area is 79.9 Å². The number of hydrogen-bond donors (Lipinski definition) is 2. The monoisotopic (exact) mass is 204 g/mol. The van der Waals surface area contributed by atoms with Gasteiger partial charge in [-0.2, -0.15) is 0 Å². The molecular weight excluding hydrogens is 192 g/mol. The molecule has 0 radical (unpaired) electrons. The summed E-state index contributed by atoms with van der Waals surface area (Å²) in [5.74, 6) is 0. The van der Waals surface area contributed by atoms with Crippen molar-refractivity contribution in [3.8, 4) is 0 Å². The van der Waals surface area contributed by atoms with E-state index in [0.29, 0.717) is 12.8 Å². The minimum atomic E-state index is -0.748. The van der Waals surface area contributed by atoms with Gasteiger partial charge in [-0.15, -0.1) is 0 Å². The molecule has 80 valence electrons.